The van der Waals surface area contributed by atoms with Crippen LogP contribution in [0.3, 0.4) is 0 Å². The topological polar surface area (TPSA) is 149 Å². The number of fused-ring (bicyclic) bond motifs is 1. The van der Waals surface area contributed by atoms with Gasteiger partial charge in [0.25, 0.3) is 5.56 Å². The molecule has 0 amide bonds. The Labute approximate surface area is 216 Å². The molecule has 9 nitrogen and oxygen atoms in total. The Bertz CT molecular complexity index is 1450. The summed E-state index contributed by atoms with van der Waals surface area (Å²) in [7, 11) is 0. The van der Waals surface area contributed by atoms with Crippen LogP contribution in [0, 0.1) is 17.1 Å². The lowest BCUT2D eigenvalue weighted by atomic mass is 10.1. The van der Waals surface area contributed by atoms with Gasteiger partial charge < -0.3 is 16.8 Å². The van der Waals surface area contributed by atoms with Crippen molar-refractivity contribution < 1.29 is 17.6 Å². The van der Waals surface area contributed by atoms with Crippen molar-refractivity contribution in [2.24, 2.45) is 0 Å². The molecule has 0 radical (unpaired) electrons. The molecular weight excluding hydrogens is 504 g/mol. The van der Waals surface area contributed by atoms with Crippen LogP contribution in [-0.2, 0) is 0 Å². The molecule has 0 spiro atoms. The highest BCUT2D eigenvalue weighted by atomic mass is 19.4. The molecule has 5 N–H and O–H groups in total. The molecule has 1 unspecified atom stereocenters. The summed E-state index contributed by atoms with van der Waals surface area (Å²) in [6.07, 6.45) is -1.17. The number of nitrogen functional groups attached to an aromatic ring is 2. The fraction of sp³-hybridized carbons (Fsp3) is 0.320. The van der Waals surface area contributed by atoms with Crippen LogP contribution in [0.15, 0.2) is 41.2 Å². The van der Waals surface area contributed by atoms with E-state index in [0.717, 1.165) is 16.7 Å². The van der Waals surface area contributed by atoms with Gasteiger partial charge in [-0.05, 0) is 37.6 Å². The second-order valence-corrected chi connectivity index (χ2v) is 7.63. The third kappa shape index (κ3) is 6.84. The minimum atomic E-state index is -4.73. The number of benzene rings is 1. The number of anilines is 3. The van der Waals surface area contributed by atoms with E-state index in [9.17, 15) is 27.6 Å². The normalized spacial score (nSPS) is 12.7. The number of nitriles is 1. The van der Waals surface area contributed by atoms with Crippen molar-refractivity contribution in [2.45, 2.75) is 52.8 Å². The first-order valence-corrected chi connectivity index (χ1v) is 11.7. The molecule has 1 aromatic carbocycles. The zero-order chi connectivity index (χ0) is 28.6. The van der Waals surface area contributed by atoms with E-state index >= 15 is 0 Å². The number of aromatic nitrogens is 4. The van der Waals surface area contributed by atoms with Gasteiger partial charge >= 0.3 is 6.18 Å². The Hall–Kier alpha value is -4.47. The van der Waals surface area contributed by atoms with Crippen LogP contribution in [0.5, 0.6) is 0 Å². The van der Waals surface area contributed by atoms with E-state index in [4.69, 9.17) is 11.5 Å². The summed E-state index contributed by atoms with van der Waals surface area (Å²) in [5, 5.41) is 11.9. The van der Waals surface area contributed by atoms with Crippen LogP contribution in [0.25, 0.3) is 16.6 Å². The molecule has 0 aliphatic rings. The van der Waals surface area contributed by atoms with Gasteiger partial charge in [-0.3, -0.25) is 9.36 Å². The number of allylic oxidation sites excluding steroid dienone is 4. The van der Waals surface area contributed by atoms with Crippen molar-refractivity contribution in [3.63, 3.8) is 0 Å². The number of nitrogens with zero attached hydrogens (tertiary/aromatic N) is 5. The van der Waals surface area contributed by atoms with Gasteiger partial charge in [0, 0.05) is 5.70 Å². The Morgan fingerprint density at radius 1 is 1.24 bits per heavy atom. The van der Waals surface area contributed by atoms with E-state index in [1.165, 1.54) is 6.07 Å². The Morgan fingerprint density at radius 3 is 2.50 bits per heavy atom. The second-order valence-electron chi connectivity index (χ2n) is 7.63. The summed E-state index contributed by atoms with van der Waals surface area (Å²) in [6.45, 7) is 7.43. The average molecular weight is 533 g/mol. The number of halogens is 4. The van der Waals surface area contributed by atoms with E-state index in [2.05, 4.69) is 20.3 Å². The maximum Gasteiger partial charge on any atom is 0.391 e. The zero-order valence-corrected chi connectivity index (χ0v) is 21.3. The third-order valence-corrected chi connectivity index (χ3v) is 5.11. The van der Waals surface area contributed by atoms with Gasteiger partial charge in [0.2, 0.25) is 5.95 Å². The fourth-order valence-corrected chi connectivity index (χ4v) is 3.56. The summed E-state index contributed by atoms with van der Waals surface area (Å²) in [5.41, 5.74) is 10.5. The number of nitrogens with two attached hydrogens (primary N) is 2. The minimum Gasteiger partial charge on any atom is -0.382 e. The molecule has 38 heavy (non-hydrogen) atoms. The summed E-state index contributed by atoms with van der Waals surface area (Å²) < 4.78 is 56.2. The Morgan fingerprint density at radius 2 is 1.92 bits per heavy atom. The van der Waals surface area contributed by atoms with Crippen molar-refractivity contribution in [1.82, 2.24) is 19.5 Å². The highest BCUT2D eigenvalue weighted by molar-refractivity contribution is 5.78. The van der Waals surface area contributed by atoms with E-state index in [1.54, 1.807) is 38.1 Å². The van der Waals surface area contributed by atoms with Gasteiger partial charge in [-0.1, -0.05) is 32.9 Å². The molecule has 0 saturated heterocycles. The number of hydrogen-bond acceptors (Lipinski definition) is 8. The molecule has 0 aliphatic carbocycles. The lowest BCUT2D eigenvalue weighted by Crippen LogP contribution is -2.31. The van der Waals surface area contributed by atoms with Crippen LogP contribution in [-0.4, -0.2) is 25.7 Å². The molecule has 0 saturated carbocycles. The predicted molar refractivity (Wildman–Crippen MR) is 139 cm³/mol. The first-order chi connectivity index (χ1) is 18.0. The number of rotatable bonds is 7. The number of hydrogen-bond donors (Lipinski definition) is 3. The minimum absolute atomic E-state index is 0.00895. The third-order valence-electron chi connectivity index (χ3n) is 5.11. The Kier molecular flexibility index (Phi) is 9.92. The van der Waals surface area contributed by atoms with E-state index < -0.39 is 30.0 Å². The number of nitrogens with one attached hydrogen (secondary N) is 1. The smallest absolute Gasteiger partial charge is 0.382 e. The molecule has 0 bridgehead atoms. The van der Waals surface area contributed by atoms with Gasteiger partial charge in [-0.25, -0.2) is 9.37 Å². The molecule has 1 atom stereocenters. The Balaban J connectivity index is 0.00000247. The first kappa shape index (κ1) is 29.8. The lowest BCUT2D eigenvalue weighted by Gasteiger charge is -2.25. The average Bonchev–Trinajstić information content (AvgIpc) is 2.85. The zero-order valence-electron chi connectivity index (χ0n) is 21.3. The van der Waals surface area contributed by atoms with E-state index in [0.29, 0.717) is 5.70 Å². The van der Waals surface area contributed by atoms with Crippen molar-refractivity contribution in [1.29, 1.82) is 5.26 Å². The van der Waals surface area contributed by atoms with E-state index in [1.807, 2.05) is 13.8 Å². The SMILES string of the molecule is C/C=C\C=C(/CC)n1c(C(CC(F)(F)F)Nc2nc(N)nc(N)c2C#N)nc2ccc(F)cc2c1=O.CC. The molecule has 3 rings (SSSR count). The maximum absolute atomic E-state index is 13.9. The van der Waals surface area contributed by atoms with Crippen LogP contribution in [0.1, 0.15) is 58.0 Å². The summed E-state index contributed by atoms with van der Waals surface area (Å²) >= 11 is 0. The molecule has 0 aliphatic heterocycles. The summed E-state index contributed by atoms with van der Waals surface area (Å²) in [4.78, 5) is 25.3. The fourth-order valence-electron chi connectivity index (χ4n) is 3.56. The number of alkyl halides is 3. The standard InChI is InChI=1S/C23H22F4N8O.C2H6/c1-3-5-6-13(4-2)35-20(32-16-8-7-12(24)9-14(16)21(35)36)17(10-23(25,26)27)31-19-15(11-28)18(29)33-22(30)34-19;1-2/h3,5-9,17H,4,10H2,1-2H3,(H5,29,30,31,33,34);1-2H3/b5-3-,13-6+;. The molecule has 2 aromatic heterocycles. The highest BCUT2D eigenvalue weighted by Crippen LogP contribution is 2.34. The molecule has 202 valence electrons. The second kappa shape index (κ2) is 12.7. The lowest BCUT2D eigenvalue weighted by molar-refractivity contribution is -0.137. The van der Waals surface area contributed by atoms with Gasteiger partial charge in [0.15, 0.2) is 5.82 Å². The van der Waals surface area contributed by atoms with Crippen LogP contribution in [0.4, 0.5) is 35.1 Å². The predicted octanol–water partition coefficient (Wildman–Crippen LogP) is 5.32. The van der Waals surface area contributed by atoms with Crippen molar-refractivity contribution in [2.75, 3.05) is 16.8 Å². The van der Waals surface area contributed by atoms with Crippen LogP contribution in [0.2, 0.25) is 0 Å². The molecule has 13 heteroatoms. The maximum atomic E-state index is 13.9. The van der Waals surface area contributed by atoms with Crippen molar-refractivity contribution >= 4 is 34.2 Å². The van der Waals surface area contributed by atoms with Crippen molar-refractivity contribution in [3.05, 3.63) is 64.0 Å². The summed E-state index contributed by atoms with van der Waals surface area (Å²) in [6, 6.07) is 3.24. The first-order valence-electron chi connectivity index (χ1n) is 11.7. The molecule has 0 fully saturated rings. The van der Waals surface area contributed by atoms with Crippen LogP contribution < -0.4 is 22.3 Å². The van der Waals surface area contributed by atoms with Gasteiger partial charge in [-0.2, -0.15) is 28.4 Å². The van der Waals surface area contributed by atoms with E-state index in [-0.39, 0.29) is 46.3 Å². The summed E-state index contributed by atoms with van der Waals surface area (Å²) in [5.74, 6) is -2.09. The van der Waals surface area contributed by atoms with Gasteiger partial charge in [0.05, 0.1) is 23.4 Å². The molecule has 3 aromatic rings. The monoisotopic (exact) mass is 532 g/mol. The molecule has 2 heterocycles. The van der Waals surface area contributed by atoms with Gasteiger partial charge in [-0.15, -0.1) is 0 Å². The molecular formula is C25H28F4N8O. The van der Waals surface area contributed by atoms with Crippen molar-refractivity contribution in [3.8, 4) is 6.07 Å². The van der Waals surface area contributed by atoms with Crippen LogP contribution >= 0.6 is 0 Å². The quantitative estimate of drug-likeness (QED) is 0.273. The largest absolute Gasteiger partial charge is 0.391 e. The highest BCUT2D eigenvalue weighted by Gasteiger charge is 2.36. The van der Waals surface area contributed by atoms with Gasteiger partial charge in [0.1, 0.15) is 29.1 Å².